The summed E-state index contributed by atoms with van der Waals surface area (Å²) < 4.78 is 43.3. The Labute approximate surface area is 157 Å². The van der Waals surface area contributed by atoms with Crippen LogP contribution in [-0.2, 0) is 6.18 Å². The first-order valence-electron chi connectivity index (χ1n) is 7.00. The first-order valence-corrected chi connectivity index (χ1v) is 7.88. The highest BCUT2D eigenvalue weighted by Gasteiger charge is 2.30. The number of benzene rings is 2. The number of nitrogens with zero attached hydrogens (tertiary/aromatic N) is 1. The Morgan fingerprint density at radius 2 is 1.80 bits per heavy atom. The lowest BCUT2D eigenvalue weighted by Crippen LogP contribution is -3.00. The first-order chi connectivity index (χ1) is 11.5. The van der Waals surface area contributed by atoms with Crippen molar-refractivity contribution in [2.24, 2.45) is 0 Å². The molecule has 25 heavy (non-hydrogen) atoms. The zero-order chi connectivity index (χ0) is 17.2. The van der Waals surface area contributed by atoms with Gasteiger partial charge in [0, 0.05) is 16.6 Å². The molecule has 0 aliphatic heterocycles. The molecule has 3 aromatic rings. The molecule has 1 heterocycles. The van der Waals surface area contributed by atoms with Crippen molar-refractivity contribution in [3.8, 4) is 17.0 Å². The van der Waals surface area contributed by atoms with E-state index in [2.05, 4.69) is 10.3 Å². The molecule has 0 atom stereocenters. The van der Waals surface area contributed by atoms with Crippen LogP contribution < -0.4 is 27.0 Å². The number of aromatic nitrogens is 1. The average molecular weight is 430 g/mol. The van der Waals surface area contributed by atoms with Crippen molar-refractivity contribution in [3.63, 3.8) is 0 Å². The van der Waals surface area contributed by atoms with Crippen molar-refractivity contribution in [1.29, 1.82) is 0 Å². The second kappa shape index (κ2) is 7.88. The summed E-state index contributed by atoms with van der Waals surface area (Å²) in [6.07, 6.45) is -4.37. The number of halogens is 4. The molecule has 0 fully saturated rings. The molecule has 0 bridgehead atoms. The Balaban J connectivity index is 0.00000225. The van der Waals surface area contributed by atoms with Gasteiger partial charge >= 0.3 is 6.18 Å². The number of ether oxygens (including phenoxy) is 1. The van der Waals surface area contributed by atoms with Crippen LogP contribution in [0.25, 0.3) is 11.3 Å². The van der Waals surface area contributed by atoms with Gasteiger partial charge in [0.2, 0.25) is 0 Å². The predicted molar refractivity (Wildman–Crippen MR) is 88.8 cm³/mol. The van der Waals surface area contributed by atoms with Gasteiger partial charge in [0.05, 0.1) is 18.4 Å². The molecule has 0 aliphatic rings. The predicted octanol–water partition coefficient (Wildman–Crippen LogP) is 2.59. The monoisotopic (exact) mass is 429 g/mol. The van der Waals surface area contributed by atoms with Crippen LogP contribution in [0.15, 0.2) is 53.9 Å². The first kappa shape index (κ1) is 19.3. The third-order valence-electron chi connectivity index (χ3n) is 3.33. The second-order valence-corrected chi connectivity index (χ2v) is 5.83. The van der Waals surface area contributed by atoms with E-state index in [9.17, 15) is 13.2 Å². The number of rotatable bonds is 4. The van der Waals surface area contributed by atoms with Gasteiger partial charge in [-0.1, -0.05) is 6.07 Å². The van der Waals surface area contributed by atoms with Crippen molar-refractivity contribution in [1.82, 2.24) is 4.98 Å². The van der Waals surface area contributed by atoms with Crippen LogP contribution >= 0.6 is 11.3 Å². The van der Waals surface area contributed by atoms with E-state index in [1.165, 1.54) is 17.4 Å². The fourth-order valence-electron chi connectivity index (χ4n) is 2.12. The number of alkyl halides is 3. The number of hydrogen-bond acceptors (Lipinski definition) is 4. The highest BCUT2D eigenvalue weighted by molar-refractivity contribution is 7.14. The Morgan fingerprint density at radius 1 is 1.08 bits per heavy atom. The molecule has 1 N–H and O–H groups in total. The van der Waals surface area contributed by atoms with E-state index in [-0.39, 0.29) is 17.0 Å². The van der Waals surface area contributed by atoms with E-state index < -0.39 is 11.7 Å². The van der Waals surface area contributed by atoms with Gasteiger partial charge in [-0.2, -0.15) is 13.2 Å². The van der Waals surface area contributed by atoms with E-state index >= 15 is 0 Å². The van der Waals surface area contributed by atoms with E-state index in [0.29, 0.717) is 10.8 Å². The van der Waals surface area contributed by atoms with Gasteiger partial charge in [-0.15, -0.1) is 11.3 Å². The molecular weight excluding hydrogens is 417 g/mol. The van der Waals surface area contributed by atoms with E-state index in [0.717, 1.165) is 29.1 Å². The summed E-state index contributed by atoms with van der Waals surface area (Å²) in [4.78, 5) is 4.41. The lowest BCUT2D eigenvalue weighted by Gasteiger charge is -2.08. The molecule has 3 nitrogen and oxygen atoms in total. The van der Waals surface area contributed by atoms with Gasteiger partial charge in [-0.3, -0.25) is 0 Å². The number of nitrogens with one attached hydrogen (secondary N) is 1. The van der Waals surface area contributed by atoms with E-state index in [1.807, 2.05) is 29.6 Å². The average Bonchev–Trinajstić information content (AvgIpc) is 3.03. The van der Waals surface area contributed by atoms with Gasteiger partial charge in [0.25, 0.3) is 0 Å². The Morgan fingerprint density at radius 3 is 2.44 bits per heavy atom. The van der Waals surface area contributed by atoms with Crippen molar-refractivity contribution in [2.75, 3.05) is 12.4 Å². The molecule has 3 rings (SSSR count). The zero-order valence-electron chi connectivity index (χ0n) is 13.0. The summed E-state index contributed by atoms with van der Waals surface area (Å²) in [5.41, 5.74) is 1.31. The summed E-state index contributed by atoms with van der Waals surface area (Å²) in [5, 5.41) is 5.28. The summed E-state index contributed by atoms with van der Waals surface area (Å²) in [5.74, 6) is 0.747. The fraction of sp³-hybridized carbons (Fsp3) is 0.118. The van der Waals surface area contributed by atoms with Crippen LogP contribution in [0.2, 0.25) is 0 Å². The molecule has 2 aromatic carbocycles. The van der Waals surface area contributed by atoms with Crippen LogP contribution in [0, 0.1) is 0 Å². The second-order valence-electron chi connectivity index (χ2n) is 4.97. The normalized spacial score (nSPS) is 10.9. The van der Waals surface area contributed by atoms with Gasteiger partial charge < -0.3 is 27.0 Å². The van der Waals surface area contributed by atoms with Gasteiger partial charge in [-0.05, 0) is 42.5 Å². The molecule has 0 aliphatic carbocycles. The lowest BCUT2D eigenvalue weighted by atomic mass is 10.2. The SMILES string of the molecule is COc1ccc(-c2csc(Nc3cccc(C(F)(F)F)c3)n2)cc1.[Br-]. The third-order valence-corrected chi connectivity index (χ3v) is 4.09. The highest BCUT2D eigenvalue weighted by Crippen LogP contribution is 2.32. The number of methoxy groups -OCH3 is 1. The van der Waals surface area contributed by atoms with Crippen LogP contribution in [0.3, 0.4) is 0 Å². The summed E-state index contributed by atoms with van der Waals surface area (Å²) >= 11 is 1.33. The van der Waals surface area contributed by atoms with E-state index in [1.54, 1.807) is 13.2 Å². The van der Waals surface area contributed by atoms with Crippen LogP contribution in [-0.4, -0.2) is 12.1 Å². The summed E-state index contributed by atoms with van der Waals surface area (Å²) in [6.45, 7) is 0. The minimum absolute atomic E-state index is 0. The number of thiazole rings is 1. The zero-order valence-corrected chi connectivity index (χ0v) is 15.4. The molecule has 132 valence electrons. The molecule has 8 heteroatoms. The van der Waals surface area contributed by atoms with Gasteiger partial charge in [-0.25, -0.2) is 4.98 Å². The quantitative estimate of drug-likeness (QED) is 0.691. The minimum atomic E-state index is -4.37. The van der Waals surface area contributed by atoms with Gasteiger partial charge in [0.1, 0.15) is 5.75 Å². The molecule has 0 unspecified atom stereocenters. The van der Waals surface area contributed by atoms with Crippen LogP contribution in [0.4, 0.5) is 24.0 Å². The molecule has 0 amide bonds. The van der Waals surface area contributed by atoms with Crippen molar-refractivity contribution < 1.29 is 34.9 Å². The Kier molecular flexibility index (Phi) is 6.07. The van der Waals surface area contributed by atoms with Crippen LogP contribution in [0.5, 0.6) is 5.75 Å². The molecule has 0 saturated heterocycles. The highest BCUT2D eigenvalue weighted by atomic mass is 79.9. The maximum atomic E-state index is 12.7. The maximum absolute atomic E-state index is 12.7. The van der Waals surface area contributed by atoms with Gasteiger partial charge in [0.15, 0.2) is 5.13 Å². The number of hydrogen-bond donors (Lipinski definition) is 1. The topological polar surface area (TPSA) is 34.1 Å². The minimum Gasteiger partial charge on any atom is -1.00 e. The van der Waals surface area contributed by atoms with E-state index in [4.69, 9.17) is 4.74 Å². The lowest BCUT2D eigenvalue weighted by molar-refractivity contribution is -0.137. The fourth-order valence-corrected chi connectivity index (χ4v) is 2.86. The van der Waals surface area contributed by atoms with Crippen molar-refractivity contribution in [3.05, 3.63) is 59.5 Å². The maximum Gasteiger partial charge on any atom is 0.416 e. The molecule has 0 spiro atoms. The third kappa shape index (κ3) is 4.73. The smallest absolute Gasteiger partial charge is 0.416 e. The van der Waals surface area contributed by atoms with Crippen molar-refractivity contribution in [2.45, 2.75) is 6.18 Å². The molecule has 0 saturated carbocycles. The standard InChI is InChI=1S/C17H13F3N2OS.BrH/c1-23-14-7-5-11(6-8-14)15-10-24-16(22-15)21-13-4-2-3-12(9-13)17(18,19)20;/h2-10H,1H3,(H,21,22);1H/p-1. The Hall–Kier alpha value is -2.06. The molecule has 1 aromatic heterocycles. The molecule has 0 radical (unpaired) electrons. The Bertz CT molecular complexity index is 834. The largest absolute Gasteiger partial charge is 1.00 e. The molecular formula is C17H13BrF3N2OS-. The van der Waals surface area contributed by atoms with Crippen molar-refractivity contribution >= 4 is 22.2 Å². The summed E-state index contributed by atoms with van der Waals surface area (Å²) in [7, 11) is 1.59. The summed E-state index contributed by atoms with van der Waals surface area (Å²) in [6, 6.07) is 12.4. The number of anilines is 2. The van der Waals surface area contributed by atoms with Crippen LogP contribution in [0.1, 0.15) is 5.56 Å².